The molecule has 10 nitrogen and oxygen atoms in total. The van der Waals surface area contributed by atoms with Crippen molar-refractivity contribution in [1.29, 1.82) is 0 Å². The summed E-state index contributed by atoms with van der Waals surface area (Å²) >= 11 is 0.923. The third-order valence-corrected chi connectivity index (χ3v) is 4.66. The van der Waals surface area contributed by atoms with Gasteiger partial charge in [0, 0.05) is 30.7 Å². The summed E-state index contributed by atoms with van der Waals surface area (Å²) in [6.45, 7) is 4.58. The van der Waals surface area contributed by atoms with E-state index >= 15 is 0 Å². The quantitative estimate of drug-likeness (QED) is 0.383. The van der Waals surface area contributed by atoms with Gasteiger partial charge in [-0.1, -0.05) is 25.6 Å². The molecule has 1 aliphatic rings. The molecule has 4 N–H and O–H groups in total. The van der Waals surface area contributed by atoms with Gasteiger partial charge in [-0.2, -0.15) is 0 Å². The van der Waals surface area contributed by atoms with E-state index in [9.17, 15) is 24.0 Å². The highest BCUT2D eigenvalue weighted by Crippen LogP contribution is 2.25. The van der Waals surface area contributed by atoms with Crippen LogP contribution < -0.4 is 16.4 Å². The molecule has 1 rings (SSSR count). The van der Waals surface area contributed by atoms with Crippen molar-refractivity contribution >= 4 is 40.6 Å². The van der Waals surface area contributed by atoms with Gasteiger partial charge in [0.05, 0.1) is 0 Å². The highest BCUT2D eigenvalue weighted by atomic mass is 32.2. The van der Waals surface area contributed by atoms with Crippen molar-refractivity contribution in [2.45, 2.75) is 45.8 Å². The standard InChI is InChI=1S/C17H27N3O7S/c1-10(18)16(25)27-14-15(24)20-5-4-11(21)19-6-7-28-13(23)8-12(22)26-9-17(14,2)3/h10,14H,4-9,18H2,1-3H3,(H,19,21)(H,20,24)/t10-,14-/m0/s1. The fraction of sp³-hybridized carbons (Fsp3) is 0.706. The number of carbonyl (C=O) groups is 5. The van der Waals surface area contributed by atoms with E-state index < -0.39 is 41.8 Å². The molecule has 1 aliphatic heterocycles. The topological polar surface area (TPSA) is 154 Å². The van der Waals surface area contributed by atoms with Crippen LogP contribution in [0.25, 0.3) is 0 Å². The Morgan fingerprint density at radius 3 is 2.57 bits per heavy atom. The predicted octanol–water partition coefficient (Wildman–Crippen LogP) is -0.899. The van der Waals surface area contributed by atoms with Gasteiger partial charge in [0.1, 0.15) is 19.1 Å². The molecule has 11 heteroatoms. The number of nitrogens with one attached hydrogen (secondary N) is 2. The number of cyclic esters (lactones) is 1. The second-order valence-corrected chi connectivity index (χ2v) is 8.20. The molecule has 0 aliphatic carbocycles. The molecule has 1 heterocycles. The minimum absolute atomic E-state index is 0.0216. The second-order valence-electron chi connectivity index (χ2n) is 7.04. The van der Waals surface area contributed by atoms with E-state index in [0.29, 0.717) is 5.75 Å². The maximum atomic E-state index is 12.6. The van der Waals surface area contributed by atoms with Gasteiger partial charge < -0.3 is 25.8 Å². The lowest BCUT2D eigenvalue weighted by molar-refractivity contribution is -0.169. The van der Waals surface area contributed by atoms with Crippen molar-refractivity contribution in [2.24, 2.45) is 11.1 Å². The Balaban J connectivity index is 2.96. The van der Waals surface area contributed by atoms with Gasteiger partial charge in [-0.3, -0.25) is 24.0 Å². The van der Waals surface area contributed by atoms with Crippen molar-refractivity contribution in [2.75, 3.05) is 25.4 Å². The Labute approximate surface area is 167 Å². The van der Waals surface area contributed by atoms with Crippen molar-refractivity contribution in [3.8, 4) is 0 Å². The molecule has 0 saturated carbocycles. The van der Waals surface area contributed by atoms with E-state index in [1.807, 2.05) is 0 Å². The average Bonchev–Trinajstić information content (AvgIpc) is 2.60. The minimum atomic E-state index is -1.31. The molecule has 0 radical (unpaired) electrons. The predicted molar refractivity (Wildman–Crippen MR) is 101 cm³/mol. The third-order valence-electron chi connectivity index (χ3n) is 3.79. The van der Waals surface area contributed by atoms with Gasteiger partial charge >= 0.3 is 11.9 Å². The zero-order valence-corrected chi connectivity index (χ0v) is 17.1. The van der Waals surface area contributed by atoms with E-state index in [4.69, 9.17) is 15.2 Å². The van der Waals surface area contributed by atoms with Crippen LogP contribution in [0, 0.1) is 5.41 Å². The maximum absolute atomic E-state index is 12.6. The molecule has 0 unspecified atom stereocenters. The van der Waals surface area contributed by atoms with Crippen molar-refractivity contribution in [1.82, 2.24) is 10.6 Å². The van der Waals surface area contributed by atoms with Gasteiger partial charge in [-0.25, -0.2) is 0 Å². The SMILES string of the molecule is C[C@H](N)C(=O)O[C@H]1C(=O)NCCC(=O)NCCSC(=O)CC(=O)OCC1(C)C. The largest absolute Gasteiger partial charge is 0.465 e. The number of thioether (sulfide) groups is 1. The normalized spacial score (nSPS) is 23.8. The summed E-state index contributed by atoms with van der Waals surface area (Å²) in [6.07, 6.45) is -1.72. The number of nitrogens with two attached hydrogens (primary N) is 1. The molecule has 158 valence electrons. The zero-order valence-electron chi connectivity index (χ0n) is 16.2. The van der Waals surface area contributed by atoms with Crippen LogP contribution in [-0.4, -0.2) is 66.5 Å². The van der Waals surface area contributed by atoms with Crippen LogP contribution in [0.15, 0.2) is 0 Å². The van der Waals surface area contributed by atoms with E-state index in [0.717, 1.165) is 11.8 Å². The van der Waals surface area contributed by atoms with Crippen LogP contribution in [0.5, 0.6) is 0 Å². The fourth-order valence-corrected chi connectivity index (χ4v) is 2.84. The number of amides is 2. The minimum Gasteiger partial charge on any atom is -0.465 e. The molecule has 1 fully saturated rings. The summed E-state index contributed by atoms with van der Waals surface area (Å²) in [6, 6.07) is -0.952. The molecule has 0 spiro atoms. The summed E-state index contributed by atoms with van der Waals surface area (Å²) < 4.78 is 10.3. The molecular formula is C17H27N3O7S. The van der Waals surface area contributed by atoms with Crippen LogP contribution in [0.2, 0.25) is 0 Å². The van der Waals surface area contributed by atoms with Crippen LogP contribution in [-0.2, 0) is 33.4 Å². The second kappa shape index (κ2) is 11.0. The summed E-state index contributed by atoms with van der Waals surface area (Å²) in [7, 11) is 0. The van der Waals surface area contributed by atoms with Crippen molar-refractivity contribution in [3.05, 3.63) is 0 Å². The molecule has 1 saturated heterocycles. The number of carbonyl (C=O) groups excluding carboxylic acids is 5. The Morgan fingerprint density at radius 2 is 1.93 bits per heavy atom. The highest BCUT2D eigenvalue weighted by Gasteiger charge is 2.40. The van der Waals surface area contributed by atoms with Crippen LogP contribution in [0.4, 0.5) is 0 Å². The molecule has 2 amide bonds. The lowest BCUT2D eigenvalue weighted by Crippen LogP contribution is -2.51. The first-order chi connectivity index (χ1) is 13.0. The van der Waals surface area contributed by atoms with Gasteiger partial charge in [0.15, 0.2) is 11.2 Å². The van der Waals surface area contributed by atoms with Crippen LogP contribution in [0.3, 0.4) is 0 Å². The van der Waals surface area contributed by atoms with Crippen molar-refractivity contribution < 1.29 is 33.4 Å². The van der Waals surface area contributed by atoms with Crippen LogP contribution >= 0.6 is 11.8 Å². The third kappa shape index (κ3) is 8.26. The Hall–Kier alpha value is -2.14. The van der Waals surface area contributed by atoms with E-state index in [-0.39, 0.29) is 37.1 Å². The number of ether oxygens (including phenoxy) is 2. The smallest absolute Gasteiger partial charge is 0.323 e. The number of esters is 2. The van der Waals surface area contributed by atoms with Gasteiger partial charge in [-0.05, 0) is 6.92 Å². The molecular weight excluding hydrogens is 390 g/mol. The van der Waals surface area contributed by atoms with E-state index in [2.05, 4.69) is 10.6 Å². The molecule has 0 bridgehead atoms. The Morgan fingerprint density at radius 1 is 1.25 bits per heavy atom. The number of hydrogen-bond acceptors (Lipinski definition) is 9. The average molecular weight is 417 g/mol. The zero-order chi connectivity index (χ0) is 21.3. The lowest BCUT2D eigenvalue weighted by atomic mass is 9.86. The highest BCUT2D eigenvalue weighted by molar-refractivity contribution is 8.13. The fourth-order valence-electron chi connectivity index (χ4n) is 2.19. The van der Waals surface area contributed by atoms with Crippen LogP contribution in [0.1, 0.15) is 33.6 Å². The van der Waals surface area contributed by atoms with Gasteiger partial charge in [0.25, 0.3) is 5.91 Å². The summed E-state index contributed by atoms with van der Waals surface area (Å²) in [5.41, 5.74) is 4.40. The van der Waals surface area contributed by atoms with Gasteiger partial charge in [-0.15, -0.1) is 0 Å². The molecule has 2 atom stereocenters. The number of hydrogen-bond donors (Lipinski definition) is 3. The van der Waals surface area contributed by atoms with Gasteiger partial charge in [0.2, 0.25) is 5.91 Å². The van der Waals surface area contributed by atoms with E-state index in [1.165, 1.54) is 6.92 Å². The Kier molecular flexibility index (Phi) is 9.39. The monoisotopic (exact) mass is 417 g/mol. The molecule has 0 aromatic heterocycles. The first kappa shape index (κ1) is 23.9. The van der Waals surface area contributed by atoms with Crippen molar-refractivity contribution in [3.63, 3.8) is 0 Å². The first-order valence-electron chi connectivity index (χ1n) is 8.84. The first-order valence-corrected chi connectivity index (χ1v) is 9.83. The summed E-state index contributed by atoms with van der Waals surface area (Å²) in [4.78, 5) is 59.9. The lowest BCUT2D eigenvalue weighted by Gasteiger charge is -2.32. The summed E-state index contributed by atoms with van der Waals surface area (Å²) in [5.74, 6) is -2.16. The maximum Gasteiger partial charge on any atom is 0.323 e. The van der Waals surface area contributed by atoms with E-state index in [1.54, 1.807) is 13.8 Å². The Bertz CT molecular complexity index is 622. The summed E-state index contributed by atoms with van der Waals surface area (Å²) in [5, 5.41) is 4.76. The molecule has 28 heavy (non-hydrogen) atoms. The molecule has 0 aromatic carbocycles. The molecule has 0 aromatic rings. The number of rotatable bonds is 2.